The monoisotopic (exact) mass is 422 g/mol. The molecule has 1 aromatic heterocycles. The smallest absolute Gasteiger partial charge is 0.129 e. The van der Waals surface area contributed by atoms with Crippen molar-refractivity contribution in [3.05, 3.63) is 59.8 Å². The van der Waals surface area contributed by atoms with Gasteiger partial charge in [0.1, 0.15) is 17.1 Å². The quantitative estimate of drug-likeness (QED) is 0.673. The second-order valence-electron chi connectivity index (χ2n) is 8.94. The Bertz CT molecular complexity index is 1080. The number of aromatic nitrogens is 1. The first-order valence-corrected chi connectivity index (χ1v) is 11.0. The summed E-state index contributed by atoms with van der Waals surface area (Å²) in [6.07, 6.45) is 3.22. The number of aliphatic hydroxyl groups is 2. The summed E-state index contributed by atoms with van der Waals surface area (Å²) in [7, 11) is 3.65. The zero-order valence-electron chi connectivity index (χ0n) is 18.1. The van der Waals surface area contributed by atoms with Crippen molar-refractivity contribution in [1.29, 1.82) is 0 Å². The highest BCUT2D eigenvalue weighted by molar-refractivity contribution is 5.84. The Hall–Kier alpha value is -2.54. The molecule has 3 aromatic rings. The van der Waals surface area contributed by atoms with Crippen LogP contribution < -0.4 is 9.47 Å². The van der Waals surface area contributed by atoms with Crippen LogP contribution >= 0.6 is 0 Å². The van der Waals surface area contributed by atoms with Gasteiger partial charge in [0.15, 0.2) is 0 Å². The van der Waals surface area contributed by atoms with Crippen molar-refractivity contribution in [2.45, 2.75) is 37.1 Å². The fourth-order valence-corrected chi connectivity index (χ4v) is 5.17. The van der Waals surface area contributed by atoms with Crippen LogP contribution in [0.5, 0.6) is 11.5 Å². The van der Waals surface area contributed by atoms with Gasteiger partial charge in [0, 0.05) is 67.4 Å². The SMILES string of the molecule is COc1ccc2c(c1)OC1(CCN(C[C@H](O)c3cn(C)c4ccccc34)CC1)C[C@@H]2O. The zero-order valence-corrected chi connectivity index (χ0v) is 18.1. The zero-order chi connectivity index (χ0) is 21.6. The van der Waals surface area contributed by atoms with Gasteiger partial charge in [0.05, 0.1) is 19.3 Å². The Morgan fingerprint density at radius 3 is 2.74 bits per heavy atom. The van der Waals surface area contributed by atoms with E-state index in [0.717, 1.165) is 59.5 Å². The molecule has 0 saturated carbocycles. The highest BCUT2D eigenvalue weighted by Gasteiger charge is 2.43. The third-order valence-corrected chi connectivity index (χ3v) is 6.96. The highest BCUT2D eigenvalue weighted by atomic mass is 16.5. The van der Waals surface area contributed by atoms with Crippen LogP contribution in [0.25, 0.3) is 10.9 Å². The molecule has 6 nitrogen and oxygen atoms in total. The number of β-amino-alcohol motifs (C(OH)–C–C–N with tert-alkyl or cyclic N) is 1. The van der Waals surface area contributed by atoms with E-state index in [-0.39, 0.29) is 5.60 Å². The Kier molecular flexibility index (Phi) is 5.16. The normalized spacial score (nSPS) is 21.6. The molecule has 1 saturated heterocycles. The number of hydrogen-bond donors (Lipinski definition) is 2. The minimum atomic E-state index is -0.539. The first kappa shape index (κ1) is 20.4. The number of ether oxygens (including phenoxy) is 2. The summed E-state index contributed by atoms with van der Waals surface area (Å²) in [5, 5.41) is 22.8. The molecule has 2 N–H and O–H groups in total. The lowest BCUT2D eigenvalue weighted by atomic mass is 9.81. The number of nitrogens with zero attached hydrogens (tertiary/aromatic N) is 2. The number of benzene rings is 2. The minimum Gasteiger partial charge on any atom is -0.497 e. The van der Waals surface area contributed by atoms with Crippen molar-refractivity contribution in [3.63, 3.8) is 0 Å². The van der Waals surface area contributed by atoms with Crippen LogP contribution in [0.3, 0.4) is 0 Å². The van der Waals surface area contributed by atoms with E-state index in [1.54, 1.807) is 7.11 Å². The molecule has 0 radical (unpaired) electrons. The number of aryl methyl sites for hydroxylation is 1. The third-order valence-electron chi connectivity index (χ3n) is 6.96. The summed E-state index contributed by atoms with van der Waals surface area (Å²) in [6.45, 7) is 2.25. The van der Waals surface area contributed by atoms with E-state index < -0.39 is 12.2 Å². The van der Waals surface area contributed by atoms with E-state index in [1.807, 2.05) is 43.6 Å². The van der Waals surface area contributed by atoms with Gasteiger partial charge in [-0.1, -0.05) is 18.2 Å². The van der Waals surface area contributed by atoms with Crippen LogP contribution in [0.15, 0.2) is 48.7 Å². The molecule has 6 heteroatoms. The minimum absolute atomic E-state index is 0.361. The maximum atomic E-state index is 11.0. The van der Waals surface area contributed by atoms with E-state index in [4.69, 9.17) is 9.47 Å². The van der Waals surface area contributed by atoms with Crippen LogP contribution in [-0.2, 0) is 7.05 Å². The molecular formula is C25H30N2O4. The van der Waals surface area contributed by atoms with Crippen molar-refractivity contribution in [3.8, 4) is 11.5 Å². The predicted molar refractivity (Wildman–Crippen MR) is 119 cm³/mol. The van der Waals surface area contributed by atoms with E-state index in [1.165, 1.54) is 0 Å². The van der Waals surface area contributed by atoms with Crippen LogP contribution in [-0.4, -0.2) is 52.0 Å². The van der Waals surface area contributed by atoms with Gasteiger partial charge in [-0.2, -0.15) is 0 Å². The standard InChI is InChI=1S/C25H30N2O4/c1-26-15-20(18-5-3-4-6-21(18)26)23(29)16-27-11-9-25(10-12-27)14-22(28)19-8-7-17(30-2)13-24(19)31-25/h3-8,13,15,22-23,28-29H,9-12,14,16H2,1-2H3/t22-,23-/m0/s1. The molecule has 5 rings (SSSR count). The number of rotatable bonds is 4. The predicted octanol–water partition coefficient (Wildman–Crippen LogP) is 3.57. The summed E-state index contributed by atoms with van der Waals surface area (Å²) >= 11 is 0. The molecular weight excluding hydrogens is 392 g/mol. The van der Waals surface area contributed by atoms with E-state index in [9.17, 15) is 10.2 Å². The number of methoxy groups -OCH3 is 1. The van der Waals surface area contributed by atoms with Gasteiger partial charge in [0.25, 0.3) is 0 Å². The van der Waals surface area contributed by atoms with Gasteiger partial charge in [-0.25, -0.2) is 0 Å². The molecule has 0 unspecified atom stereocenters. The number of aliphatic hydroxyl groups excluding tert-OH is 2. The Labute approximate surface area is 182 Å². The highest BCUT2D eigenvalue weighted by Crippen LogP contribution is 2.45. The molecule has 2 aliphatic rings. The van der Waals surface area contributed by atoms with E-state index >= 15 is 0 Å². The summed E-state index contributed by atoms with van der Waals surface area (Å²) in [6, 6.07) is 13.8. The second-order valence-corrected chi connectivity index (χ2v) is 8.94. The van der Waals surface area contributed by atoms with Gasteiger partial charge in [-0.3, -0.25) is 0 Å². The summed E-state index contributed by atoms with van der Waals surface area (Å²) in [5.74, 6) is 1.46. The Morgan fingerprint density at radius 2 is 1.97 bits per heavy atom. The second kappa shape index (κ2) is 7.86. The molecule has 31 heavy (non-hydrogen) atoms. The van der Waals surface area contributed by atoms with Gasteiger partial charge in [0.2, 0.25) is 0 Å². The topological polar surface area (TPSA) is 67.1 Å². The fraction of sp³-hybridized carbons (Fsp3) is 0.440. The molecule has 1 fully saturated rings. The number of likely N-dealkylation sites (tertiary alicyclic amines) is 1. The van der Waals surface area contributed by atoms with Crippen molar-refractivity contribution in [2.75, 3.05) is 26.7 Å². The molecule has 3 heterocycles. The van der Waals surface area contributed by atoms with Crippen molar-refractivity contribution in [1.82, 2.24) is 9.47 Å². The van der Waals surface area contributed by atoms with Crippen LogP contribution in [0.4, 0.5) is 0 Å². The fourth-order valence-electron chi connectivity index (χ4n) is 5.17. The third kappa shape index (κ3) is 3.69. The molecule has 0 aliphatic carbocycles. The summed E-state index contributed by atoms with van der Waals surface area (Å²) < 4.78 is 13.8. The van der Waals surface area contributed by atoms with Crippen molar-refractivity contribution < 1.29 is 19.7 Å². The van der Waals surface area contributed by atoms with Crippen LogP contribution in [0.2, 0.25) is 0 Å². The summed E-state index contributed by atoms with van der Waals surface area (Å²) in [5.41, 5.74) is 2.58. The van der Waals surface area contributed by atoms with Crippen LogP contribution in [0.1, 0.15) is 42.6 Å². The molecule has 2 aliphatic heterocycles. The van der Waals surface area contributed by atoms with Gasteiger partial charge in [-0.05, 0) is 31.0 Å². The van der Waals surface area contributed by atoms with E-state index in [0.29, 0.717) is 13.0 Å². The van der Waals surface area contributed by atoms with Gasteiger partial charge in [-0.15, -0.1) is 0 Å². The largest absolute Gasteiger partial charge is 0.497 e. The number of para-hydroxylation sites is 1. The Morgan fingerprint density at radius 1 is 1.19 bits per heavy atom. The number of fused-ring (bicyclic) bond motifs is 2. The molecule has 164 valence electrons. The lowest BCUT2D eigenvalue weighted by molar-refractivity contribution is -0.0588. The van der Waals surface area contributed by atoms with Gasteiger partial charge < -0.3 is 29.2 Å². The van der Waals surface area contributed by atoms with Crippen molar-refractivity contribution >= 4 is 10.9 Å². The molecule has 0 amide bonds. The molecule has 0 bridgehead atoms. The first-order valence-electron chi connectivity index (χ1n) is 11.0. The average molecular weight is 423 g/mol. The maximum absolute atomic E-state index is 11.0. The Balaban J connectivity index is 1.27. The number of hydrogen-bond acceptors (Lipinski definition) is 5. The van der Waals surface area contributed by atoms with Gasteiger partial charge >= 0.3 is 0 Å². The lowest BCUT2D eigenvalue weighted by Crippen LogP contribution is -2.51. The molecule has 1 spiro atoms. The number of piperidine rings is 1. The summed E-state index contributed by atoms with van der Waals surface area (Å²) in [4.78, 5) is 2.30. The molecule has 2 aromatic carbocycles. The lowest BCUT2D eigenvalue weighted by Gasteiger charge is -2.46. The van der Waals surface area contributed by atoms with E-state index in [2.05, 4.69) is 21.6 Å². The van der Waals surface area contributed by atoms with Crippen molar-refractivity contribution in [2.24, 2.45) is 7.05 Å². The van der Waals surface area contributed by atoms with Crippen LogP contribution in [0, 0.1) is 0 Å². The average Bonchev–Trinajstić information content (AvgIpc) is 3.12. The maximum Gasteiger partial charge on any atom is 0.129 e. The first-order chi connectivity index (χ1) is 15.0. The molecule has 2 atom stereocenters.